The molecule has 3 rings (SSSR count). The van der Waals surface area contributed by atoms with Crippen molar-refractivity contribution in [2.24, 2.45) is 5.92 Å². The average Bonchev–Trinajstić information content (AvgIpc) is 3.11. The van der Waals surface area contributed by atoms with Crippen LogP contribution in [-0.4, -0.2) is 46.3 Å². The van der Waals surface area contributed by atoms with Gasteiger partial charge >= 0.3 is 5.97 Å². The van der Waals surface area contributed by atoms with E-state index in [4.69, 9.17) is 5.11 Å². The number of nitrogens with zero attached hydrogens (tertiary/aromatic N) is 1. The summed E-state index contributed by atoms with van der Waals surface area (Å²) in [5.41, 5.74) is 0.703. The molecule has 0 radical (unpaired) electrons. The molecular weight excluding hydrogens is 312 g/mol. The Morgan fingerprint density at radius 2 is 1.75 bits per heavy atom. The number of aliphatic carboxylic acids is 1. The minimum atomic E-state index is -0.904. The Labute approximate surface area is 138 Å². The zero-order valence-electron chi connectivity index (χ0n) is 13.0. The Morgan fingerprint density at radius 3 is 2.33 bits per heavy atom. The molecule has 24 heavy (non-hydrogen) atoms. The first-order valence-electron chi connectivity index (χ1n) is 7.96. The van der Waals surface area contributed by atoms with Gasteiger partial charge in [-0.2, -0.15) is 0 Å². The predicted octanol–water partition coefficient (Wildman–Crippen LogP) is 1.04. The van der Waals surface area contributed by atoms with Crippen molar-refractivity contribution in [2.45, 2.75) is 31.7 Å². The van der Waals surface area contributed by atoms with Gasteiger partial charge in [0, 0.05) is 19.0 Å². The molecule has 0 saturated heterocycles. The standard InChI is InChI=1S/C17H18N2O5/c20-14(18-13-7-3-6-12(13)17(23)24)8-9-19-15(21)10-4-1-2-5-11(10)16(19)22/h1-2,4-5,12-13H,3,6-9H2,(H,18,20)(H,23,24)/t12-,13+/m1/s1. The van der Waals surface area contributed by atoms with E-state index < -0.39 is 23.7 Å². The molecule has 2 aliphatic rings. The molecule has 1 aromatic carbocycles. The van der Waals surface area contributed by atoms with Crippen LogP contribution >= 0.6 is 0 Å². The van der Waals surface area contributed by atoms with Gasteiger partial charge in [-0.3, -0.25) is 24.1 Å². The molecule has 7 heteroatoms. The third kappa shape index (κ3) is 2.89. The second-order valence-electron chi connectivity index (χ2n) is 6.11. The monoisotopic (exact) mass is 330 g/mol. The molecule has 0 spiro atoms. The van der Waals surface area contributed by atoms with E-state index in [0.717, 1.165) is 11.3 Å². The second-order valence-corrected chi connectivity index (χ2v) is 6.11. The van der Waals surface area contributed by atoms with Crippen LogP contribution in [-0.2, 0) is 9.59 Å². The lowest BCUT2D eigenvalue weighted by molar-refractivity contribution is -0.142. The summed E-state index contributed by atoms with van der Waals surface area (Å²) in [4.78, 5) is 48.6. The van der Waals surface area contributed by atoms with Crippen molar-refractivity contribution < 1.29 is 24.3 Å². The number of hydrogen-bond donors (Lipinski definition) is 2. The smallest absolute Gasteiger partial charge is 0.308 e. The van der Waals surface area contributed by atoms with Gasteiger partial charge < -0.3 is 10.4 Å². The van der Waals surface area contributed by atoms with Gasteiger partial charge in [-0.15, -0.1) is 0 Å². The van der Waals surface area contributed by atoms with Crippen molar-refractivity contribution in [3.8, 4) is 0 Å². The minimum Gasteiger partial charge on any atom is -0.481 e. The lowest BCUT2D eigenvalue weighted by Gasteiger charge is -2.19. The molecule has 7 nitrogen and oxygen atoms in total. The predicted molar refractivity (Wildman–Crippen MR) is 83.3 cm³/mol. The number of hydrogen-bond acceptors (Lipinski definition) is 4. The minimum absolute atomic E-state index is 0.0113. The quantitative estimate of drug-likeness (QED) is 0.785. The molecule has 1 heterocycles. The number of fused-ring (bicyclic) bond motifs is 1. The fraction of sp³-hybridized carbons (Fsp3) is 0.412. The summed E-state index contributed by atoms with van der Waals surface area (Å²) in [6, 6.07) is 6.17. The van der Waals surface area contributed by atoms with Crippen LogP contribution in [0.1, 0.15) is 46.4 Å². The Morgan fingerprint density at radius 1 is 1.12 bits per heavy atom. The summed E-state index contributed by atoms with van der Waals surface area (Å²) < 4.78 is 0. The Balaban J connectivity index is 1.57. The van der Waals surface area contributed by atoms with Crippen LogP contribution in [0.4, 0.5) is 0 Å². The summed E-state index contributed by atoms with van der Waals surface area (Å²) >= 11 is 0. The van der Waals surface area contributed by atoms with Gasteiger partial charge in [-0.05, 0) is 25.0 Å². The topological polar surface area (TPSA) is 104 Å². The largest absolute Gasteiger partial charge is 0.481 e. The van der Waals surface area contributed by atoms with Gasteiger partial charge in [0.15, 0.2) is 0 Å². The molecule has 126 valence electrons. The molecule has 2 N–H and O–H groups in total. The van der Waals surface area contributed by atoms with Crippen molar-refractivity contribution in [2.75, 3.05) is 6.54 Å². The first kappa shape index (κ1) is 16.2. The first-order valence-corrected chi connectivity index (χ1v) is 7.96. The van der Waals surface area contributed by atoms with Crippen molar-refractivity contribution in [3.05, 3.63) is 35.4 Å². The van der Waals surface area contributed by atoms with Crippen molar-refractivity contribution in [1.29, 1.82) is 0 Å². The number of carbonyl (C=O) groups is 4. The highest BCUT2D eigenvalue weighted by Crippen LogP contribution is 2.26. The van der Waals surface area contributed by atoms with E-state index >= 15 is 0 Å². The van der Waals surface area contributed by atoms with Gasteiger partial charge in [0.25, 0.3) is 11.8 Å². The van der Waals surface area contributed by atoms with Crippen LogP contribution < -0.4 is 5.32 Å². The molecule has 3 amide bonds. The summed E-state index contributed by atoms with van der Waals surface area (Å²) in [5, 5.41) is 11.8. The summed E-state index contributed by atoms with van der Waals surface area (Å²) in [6.45, 7) is -0.0113. The maximum atomic E-state index is 12.2. The molecule has 0 unspecified atom stereocenters. The zero-order valence-corrected chi connectivity index (χ0v) is 13.0. The molecule has 2 atom stereocenters. The highest BCUT2D eigenvalue weighted by atomic mass is 16.4. The maximum Gasteiger partial charge on any atom is 0.308 e. The van der Waals surface area contributed by atoms with Crippen LogP contribution in [0.2, 0.25) is 0 Å². The van der Waals surface area contributed by atoms with Crippen LogP contribution in [0.15, 0.2) is 24.3 Å². The van der Waals surface area contributed by atoms with Crippen LogP contribution in [0, 0.1) is 5.92 Å². The highest BCUT2D eigenvalue weighted by Gasteiger charge is 2.36. The van der Waals surface area contributed by atoms with Crippen molar-refractivity contribution in [1.82, 2.24) is 10.2 Å². The molecule has 1 aromatic rings. The normalized spacial score (nSPS) is 22.6. The van der Waals surface area contributed by atoms with Crippen LogP contribution in [0.3, 0.4) is 0 Å². The van der Waals surface area contributed by atoms with E-state index in [9.17, 15) is 19.2 Å². The lowest BCUT2D eigenvalue weighted by Crippen LogP contribution is -2.42. The van der Waals surface area contributed by atoms with Gasteiger partial charge in [0.2, 0.25) is 5.91 Å². The van der Waals surface area contributed by atoms with Crippen molar-refractivity contribution >= 4 is 23.7 Å². The number of nitrogens with one attached hydrogen (secondary N) is 1. The third-order valence-corrected chi connectivity index (χ3v) is 4.62. The number of carbonyl (C=O) groups excluding carboxylic acids is 3. The number of carboxylic acid groups (broad SMARTS) is 1. The van der Waals surface area contributed by atoms with E-state index in [-0.39, 0.29) is 24.9 Å². The van der Waals surface area contributed by atoms with Crippen molar-refractivity contribution in [3.63, 3.8) is 0 Å². The fourth-order valence-electron chi connectivity index (χ4n) is 3.36. The molecule has 1 fully saturated rings. The van der Waals surface area contributed by atoms with Crippen LogP contribution in [0.5, 0.6) is 0 Å². The summed E-state index contributed by atoms with van der Waals surface area (Å²) in [5.74, 6) is -2.60. The Kier molecular flexibility index (Phi) is 4.33. The zero-order chi connectivity index (χ0) is 17.3. The summed E-state index contributed by atoms with van der Waals surface area (Å²) in [7, 11) is 0. The highest BCUT2D eigenvalue weighted by molar-refractivity contribution is 6.21. The molecule has 1 aliphatic carbocycles. The van der Waals surface area contributed by atoms with Gasteiger partial charge in [-0.25, -0.2) is 0 Å². The number of imide groups is 1. The van der Waals surface area contributed by atoms with E-state index in [2.05, 4.69) is 5.32 Å². The molecule has 0 bridgehead atoms. The van der Waals surface area contributed by atoms with E-state index in [1.54, 1.807) is 24.3 Å². The van der Waals surface area contributed by atoms with E-state index in [1.807, 2.05) is 0 Å². The molecular formula is C17H18N2O5. The SMILES string of the molecule is O=C(CCN1C(=O)c2ccccc2C1=O)N[C@H]1CCC[C@H]1C(=O)O. The second kappa shape index (κ2) is 6.43. The van der Waals surface area contributed by atoms with Gasteiger partial charge in [0.1, 0.15) is 0 Å². The fourth-order valence-corrected chi connectivity index (χ4v) is 3.36. The number of rotatable bonds is 5. The maximum absolute atomic E-state index is 12.2. The lowest BCUT2D eigenvalue weighted by atomic mass is 10.0. The number of benzene rings is 1. The Bertz CT molecular complexity index is 680. The third-order valence-electron chi connectivity index (χ3n) is 4.62. The van der Waals surface area contributed by atoms with Gasteiger partial charge in [0.05, 0.1) is 17.0 Å². The Hall–Kier alpha value is -2.70. The molecule has 1 saturated carbocycles. The molecule has 0 aromatic heterocycles. The van der Waals surface area contributed by atoms with Crippen LogP contribution in [0.25, 0.3) is 0 Å². The summed E-state index contributed by atoms with van der Waals surface area (Å²) in [6.07, 6.45) is 1.92. The average molecular weight is 330 g/mol. The van der Waals surface area contributed by atoms with Gasteiger partial charge in [-0.1, -0.05) is 18.6 Å². The number of amides is 3. The van der Waals surface area contributed by atoms with E-state index in [0.29, 0.717) is 24.0 Å². The first-order chi connectivity index (χ1) is 11.5. The number of carboxylic acids is 1. The molecule has 1 aliphatic heterocycles. The van der Waals surface area contributed by atoms with E-state index in [1.165, 1.54) is 0 Å².